The van der Waals surface area contributed by atoms with Crippen LogP contribution in [-0.4, -0.2) is 24.5 Å². The number of nitrogens with one attached hydrogen (secondary N) is 1. The predicted octanol–water partition coefficient (Wildman–Crippen LogP) is 2.85. The zero-order chi connectivity index (χ0) is 18.5. The molecule has 1 N–H and O–H groups in total. The molecule has 2 aliphatic heterocycles. The molecule has 0 unspecified atom stereocenters. The van der Waals surface area contributed by atoms with Gasteiger partial charge in [0.25, 0.3) is 0 Å². The number of hydrogen-bond acceptors (Lipinski definition) is 3. The lowest BCUT2D eigenvalue weighted by atomic mass is 9.76. The zero-order valence-electron chi connectivity index (χ0n) is 13.5. The van der Waals surface area contributed by atoms with Gasteiger partial charge in [-0.15, -0.1) is 0 Å². The molecular weight excluding hydrogens is 345 g/mol. The highest BCUT2D eigenvalue weighted by atomic mass is 19.4. The van der Waals surface area contributed by atoms with E-state index in [1.807, 2.05) is 0 Å². The third-order valence-electron chi connectivity index (χ3n) is 5.18. The molecule has 4 nitrogen and oxygen atoms in total. The van der Waals surface area contributed by atoms with Crippen LogP contribution < -0.4 is 10.2 Å². The molecule has 0 radical (unpaired) electrons. The largest absolute Gasteiger partial charge is 0.411 e. The van der Waals surface area contributed by atoms with E-state index >= 15 is 0 Å². The number of anilines is 1. The van der Waals surface area contributed by atoms with Crippen molar-refractivity contribution in [3.63, 3.8) is 0 Å². The number of imide groups is 1. The summed E-state index contributed by atoms with van der Waals surface area (Å²) in [6.07, 6.45) is -4.74. The summed E-state index contributed by atoms with van der Waals surface area (Å²) in [6, 6.07) is 15.3. The van der Waals surface area contributed by atoms with Crippen LogP contribution in [0, 0.1) is 11.8 Å². The molecule has 2 fully saturated rings. The van der Waals surface area contributed by atoms with Crippen LogP contribution in [0.15, 0.2) is 60.7 Å². The molecule has 2 amide bonds. The SMILES string of the molecule is O=C1[C@@H]2[C@@H](CN[C@]2(c2ccccc2)C(F)(F)F)C(=O)N1c1ccccc1. The second kappa shape index (κ2) is 5.67. The molecule has 0 aromatic heterocycles. The minimum absolute atomic E-state index is 0.0592. The number of rotatable bonds is 2. The van der Waals surface area contributed by atoms with Crippen LogP contribution in [0.2, 0.25) is 0 Å². The first kappa shape index (κ1) is 16.8. The standard InChI is InChI=1S/C19H15F3N2O2/c20-19(21,22)18(12-7-3-1-4-8-12)15-14(11-23-18)16(25)24(17(15)26)13-9-5-2-6-10-13/h1-10,14-15,23H,11H2/t14-,15+,18+/m1/s1. The Hall–Kier alpha value is -2.67. The maximum Gasteiger partial charge on any atom is 0.411 e. The number of amides is 2. The number of nitrogens with zero attached hydrogens (tertiary/aromatic N) is 1. The van der Waals surface area contributed by atoms with E-state index in [0.29, 0.717) is 5.69 Å². The Labute approximate surface area is 147 Å². The lowest BCUT2D eigenvalue weighted by Gasteiger charge is -2.36. The molecule has 3 atom stereocenters. The van der Waals surface area contributed by atoms with Gasteiger partial charge in [0.1, 0.15) is 0 Å². The van der Waals surface area contributed by atoms with Gasteiger partial charge >= 0.3 is 6.18 Å². The Morgan fingerprint density at radius 2 is 1.50 bits per heavy atom. The first-order valence-electron chi connectivity index (χ1n) is 8.18. The molecule has 2 aromatic rings. The highest BCUT2D eigenvalue weighted by molar-refractivity contribution is 6.23. The lowest BCUT2D eigenvalue weighted by Crippen LogP contribution is -2.57. The smallest absolute Gasteiger partial charge is 0.298 e. The highest BCUT2D eigenvalue weighted by Gasteiger charge is 2.72. The van der Waals surface area contributed by atoms with Gasteiger partial charge in [-0.1, -0.05) is 48.5 Å². The zero-order valence-corrected chi connectivity index (χ0v) is 13.5. The minimum Gasteiger partial charge on any atom is -0.298 e. The average molecular weight is 360 g/mol. The van der Waals surface area contributed by atoms with Gasteiger partial charge in [-0.2, -0.15) is 13.2 Å². The first-order valence-corrected chi connectivity index (χ1v) is 8.18. The van der Waals surface area contributed by atoms with E-state index in [-0.39, 0.29) is 12.1 Å². The number of hydrogen-bond donors (Lipinski definition) is 1. The van der Waals surface area contributed by atoms with Gasteiger partial charge in [0, 0.05) is 6.54 Å². The monoisotopic (exact) mass is 360 g/mol. The molecule has 0 bridgehead atoms. The molecule has 2 aromatic carbocycles. The van der Waals surface area contributed by atoms with Crippen molar-refractivity contribution < 1.29 is 22.8 Å². The van der Waals surface area contributed by atoms with Gasteiger partial charge in [0.2, 0.25) is 11.8 Å². The van der Waals surface area contributed by atoms with Gasteiger partial charge < -0.3 is 0 Å². The van der Waals surface area contributed by atoms with Gasteiger partial charge in [-0.3, -0.25) is 14.9 Å². The number of carbonyl (C=O) groups is 2. The third-order valence-corrected chi connectivity index (χ3v) is 5.18. The summed E-state index contributed by atoms with van der Waals surface area (Å²) in [5, 5.41) is 2.47. The molecule has 0 saturated carbocycles. The van der Waals surface area contributed by atoms with Crippen molar-refractivity contribution in [3.05, 3.63) is 66.2 Å². The Kier molecular flexibility index (Phi) is 3.66. The number of halogens is 3. The fraction of sp³-hybridized carbons (Fsp3) is 0.263. The van der Waals surface area contributed by atoms with Crippen LogP contribution >= 0.6 is 0 Å². The fourth-order valence-electron chi connectivity index (χ4n) is 4.06. The maximum absolute atomic E-state index is 14.2. The van der Waals surface area contributed by atoms with Crippen molar-refractivity contribution in [2.75, 3.05) is 11.4 Å². The summed E-state index contributed by atoms with van der Waals surface area (Å²) >= 11 is 0. The number of benzene rings is 2. The van der Waals surface area contributed by atoms with Gasteiger partial charge in [0.15, 0.2) is 5.54 Å². The van der Waals surface area contributed by atoms with E-state index in [4.69, 9.17) is 0 Å². The summed E-state index contributed by atoms with van der Waals surface area (Å²) < 4.78 is 42.7. The number of alkyl halides is 3. The Morgan fingerprint density at radius 1 is 0.923 bits per heavy atom. The van der Waals surface area contributed by atoms with Crippen molar-refractivity contribution in [3.8, 4) is 0 Å². The first-order chi connectivity index (χ1) is 12.4. The minimum atomic E-state index is -4.74. The molecule has 2 heterocycles. The van der Waals surface area contributed by atoms with Crippen molar-refractivity contribution >= 4 is 17.5 Å². The summed E-state index contributed by atoms with van der Waals surface area (Å²) in [5.41, 5.74) is -2.34. The van der Waals surface area contributed by atoms with E-state index in [0.717, 1.165) is 4.90 Å². The molecule has 26 heavy (non-hydrogen) atoms. The Balaban J connectivity index is 1.86. The van der Waals surface area contributed by atoms with E-state index in [2.05, 4.69) is 5.32 Å². The normalized spacial score (nSPS) is 28.5. The number of para-hydroxylation sites is 1. The number of carbonyl (C=O) groups excluding carboxylic acids is 2. The molecule has 134 valence electrons. The second-order valence-electron chi connectivity index (χ2n) is 6.48. The topological polar surface area (TPSA) is 49.4 Å². The quantitative estimate of drug-likeness (QED) is 0.838. The van der Waals surface area contributed by atoms with Crippen LogP contribution in [0.1, 0.15) is 5.56 Å². The van der Waals surface area contributed by atoms with Crippen LogP contribution in [0.3, 0.4) is 0 Å². The maximum atomic E-state index is 14.2. The molecular formula is C19H15F3N2O2. The third kappa shape index (κ3) is 2.13. The summed E-state index contributed by atoms with van der Waals surface area (Å²) in [6.45, 7) is -0.201. The molecule has 0 aliphatic carbocycles. The Bertz CT molecular complexity index is 854. The van der Waals surface area contributed by atoms with Gasteiger partial charge in [0.05, 0.1) is 17.5 Å². The number of fused-ring (bicyclic) bond motifs is 1. The highest BCUT2D eigenvalue weighted by Crippen LogP contribution is 2.54. The molecule has 2 aliphatic rings. The molecule has 2 saturated heterocycles. The van der Waals surface area contributed by atoms with Gasteiger partial charge in [-0.05, 0) is 17.7 Å². The summed E-state index contributed by atoms with van der Waals surface area (Å²) in [5.74, 6) is -4.00. The average Bonchev–Trinajstić information content (AvgIpc) is 3.15. The van der Waals surface area contributed by atoms with Crippen LogP contribution in [0.25, 0.3) is 0 Å². The van der Waals surface area contributed by atoms with Gasteiger partial charge in [-0.25, -0.2) is 4.90 Å². The summed E-state index contributed by atoms with van der Waals surface area (Å²) in [7, 11) is 0. The molecule has 0 spiro atoms. The van der Waals surface area contributed by atoms with Crippen LogP contribution in [0.4, 0.5) is 18.9 Å². The van der Waals surface area contributed by atoms with E-state index in [1.54, 1.807) is 36.4 Å². The predicted molar refractivity (Wildman–Crippen MR) is 88.1 cm³/mol. The lowest BCUT2D eigenvalue weighted by molar-refractivity contribution is -0.209. The second-order valence-corrected chi connectivity index (χ2v) is 6.48. The van der Waals surface area contributed by atoms with E-state index in [9.17, 15) is 22.8 Å². The van der Waals surface area contributed by atoms with E-state index < -0.39 is 35.4 Å². The molecule has 4 rings (SSSR count). The summed E-state index contributed by atoms with van der Waals surface area (Å²) in [4.78, 5) is 26.6. The Morgan fingerprint density at radius 3 is 2.08 bits per heavy atom. The van der Waals surface area contributed by atoms with E-state index in [1.165, 1.54) is 24.3 Å². The molecule has 7 heteroatoms. The van der Waals surface area contributed by atoms with Crippen molar-refractivity contribution in [2.24, 2.45) is 11.8 Å². The van der Waals surface area contributed by atoms with Crippen molar-refractivity contribution in [1.29, 1.82) is 0 Å². The van der Waals surface area contributed by atoms with Crippen LogP contribution in [-0.2, 0) is 15.1 Å². The van der Waals surface area contributed by atoms with Crippen LogP contribution in [0.5, 0.6) is 0 Å². The van der Waals surface area contributed by atoms with Crippen molar-refractivity contribution in [2.45, 2.75) is 11.7 Å². The van der Waals surface area contributed by atoms with Crippen molar-refractivity contribution in [1.82, 2.24) is 5.32 Å². The fourth-order valence-corrected chi connectivity index (χ4v) is 4.06.